The normalized spacial score (nSPS) is 11.3. The van der Waals surface area contributed by atoms with Gasteiger partial charge in [0.1, 0.15) is 0 Å². The summed E-state index contributed by atoms with van der Waals surface area (Å²) in [6.45, 7) is 3.59. The lowest BCUT2D eigenvalue weighted by Crippen LogP contribution is -2.41. The lowest BCUT2D eigenvalue weighted by atomic mass is 10.2. The van der Waals surface area contributed by atoms with E-state index in [9.17, 15) is 13.2 Å². The van der Waals surface area contributed by atoms with Gasteiger partial charge in [-0.25, -0.2) is 8.42 Å². The Labute approximate surface area is 116 Å². The quantitative estimate of drug-likeness (QED) is 0.720. The Kier molecular flexibility index (Phi) is 3.86. The molecule has 2 aromatic rings. The van der Waals surface area contributed by atoms with Gasteiger partial charge in [-0.2, -0.15) is 5.10 Å². The fourth-order valence-electron chi connectivity index (χ4n) is 1.49. The number of aromatic amines is 1. The van der Waals surface area contributed by atoms with Gasteiger partial charge in [0.25, 0.3) is 15.9 Å². The molecule has 1 heterocycles. The topological polar surface area (TPSA) is 104 Å². The van der Waals surface area contributed by atoms with Gasteiger partial charge >= 0.3 is 0 Å². The smallest absolute Gasteiger partial charge is 0.282 e. The molecule has 0 unspecified atom stereocenters. The second kappa shape index (κ2) is 5.43. The van der Waals surface area contributed by atoms with E-state index in [4.69, 9.17) is 0 Å². The van der Waals surface area contributed by atoms with Crippen molar-refractivity contribution >= 4 is 15.9 Å². The number of hydrazine groups is 1. The average molecular weight is 294 g/mol. The lowest BCUT2D eigenvalue weighted by Gasteiger charge is -2.07. The Hall–Kier alpha value is -2.19. The first-order valence-corrected chi connectivity index (χ1v) is 7.27. The van der Waals surface area contributed by atoms with E-state index in [1.807, 2.05) is 11.8 Å². The molecule has 7 nitrogen and oxygen atoms in total. The van der Waals surface area contributed by atoms with Crippen LogP contribution in [0, 0.1) is 13.8 Å². The van der Waals surface area contributed by atoms with Crippen LogP contribution in [0.1, 0.15) is 21.7 Å². The standard InChI is InChI=1S/C12H14N4O3S/c1-8-3-5-10(6-4-8)20(18,19)16-15-12(17)11-7-9(2)13-14-11/h3-7,16H,1-2H3,(H,13,14)(H,15,17). The molecular formula is C12H14N4O3S. The molecule has 0 aliphatic carbocycles. The van der Waals surface area contributed by atoms with Gasteiger partial charge in [-0.05, 0) is 32.0 Å². The zero-order valence-electron chi connectivity index (χ0n) is 11.0. The van der Waals surface area contributed by atoms with Crippen molar-refractivity contribution in [1.29, 1.82) is 0 Å². The zero-order chi connectivity index (χ0) is 14.8. The van der Waals surface area contributed by atoms with E-state index < -0.39 is 15.9 Å². The Morgan fingerprint density at radius 2 is 1.85 bits per heavy atom. The van der Waals surface area contributed by atoms with Crippen LogP contribution in [-0.4, -0.2) is 24.5 Å². The predicted octanol–water partition coefficient (Wildman–Crippen LogP) is 0.650. The number of benzene rings is 1. The third kappa shape index (κ3) is 3.22. The Morgan fingerprint density at radius 3 is 2.40 bits per heavy atom. The van der Waals surface area contributed by atoms with Crippen molar-refractivity contribution in [3.05, 3.63) is 47.3 Å². The highest BCUT2D eigenvalue weighted by molar-refractivity contribution is 7.89. The second-order valence-corrected chi connectivity index (χ2v) is 5.99. The van der Waals surface area contributed by atoms with Crippen LogP contribution in [0.2, 0.25) is 0 Å². The molecule has 0 aliphatic heterocycles. The largest absolute Gasteiger partial charge is 0.286 e. The van der Waals surface area contributed by atoms with Crippen molar-refractivity contribution in [2.75, 3.05) is 0 Å². The zero-order valence-corrected chi connectivity index (χ0v) is 11.8. The first-order chi connectivity index (χ1) is 9.38. The van der Waals surface area contributed by atoms with Gasteiger partial charge in [0, 0.05) is 5.69 Å². The third-order valence-corrected chi connectivity index (χ3v) is 3.83. The van der Waals surface area contributed by atoms with Crippen LogP contribution in [0.5, 0.6) is 0 Å². The number of nitrogens with zero attached hydrogens (tertiary/aromatic N) is 1. The van der Waals surface area contributed by atoms with E-state index in [2.05, 4.69) is 15.6 Å². The molecule has 2 rings (SSSR count). The maximum atomic E-state index is 11.9. The van der Waals surface area contributed by atoms with Crippen molar-refractivity contribution in [3.8, 4) is 0 Å². The number of aromatic nitrogens is 2. The lowest BCUT2D eigenvalue weighted by molar-refractivity contribution is 0.0940. The number of rotatable bonds is 4. The summed E-state index contributed by atoms with van der Waals surface area (Å²) in [7, 11) is -3.79. The minimum Gasteiger partial charge on any atom is -0.282 e. The maximum Gasteiger partial charge on any atom is 0.286 e. The Balaban J connectivity index is 2.06. The molecule has 1 amide bonds. The molecule has 8 heteroatoms. The van der Waals surface area contributed by atoms with Crippen molar-refractivity contribution in [3.63, 3.8) is 0 Å². The molecule has 0 atom stereocenters. The molecule has 0 fully saturated rings. The summed E-state index contributed by atoms with van der Waals surface area (Å²) < 4.78 is 23.9. The first kappa shape index (κ1) is 14.2. The summed E-state index contributed by atoms with van der Waals surface area (Å²) >= 11 is 0. The minimum atomic E-state index is -3.79. The second-order valence-electron chi connectivity index (χ2n) is 4.31. The van der Waals surface area contributed by atoms with Crippen molar-refractivity contribution in [2.24, 2.45) is 0 Å². The molecule has 106 valence electrons. The van der Waals surface area contributed by atoms with Crippen LogP contribution >= 0.6 is 0 Å². The molecule has 0 saturated carbocycles. The summed E-state index contributed by atoms with van der Waals surface area (Å²) in [5.74, 6) is -0.634. The van der Waals surface area contributed by atoms with E-state index in [1.165, 1.54) is 18.2 Å². The van der Waals surface area contributed by atoms with Gasteiger partial charge in [0.2, 0.25) is 0 Å². The maximum absolute atomic E-state index is 11.9. The fourth-order valence-corrected chi connectivity index (χ4v) is 2.33. The summed E-state index contributed by atoms with van der Waals surface area (Å²) in [6, 6.07) is 7.78. The van der Waals surface area contributed by atoms with E-state index in [0.29, 0.717) is 5.69 Å². The number of aryl methyl sites for hydroxylation is 2. The van der Waals surface area contributed by atoms with Gasteiger partial charge in [-0.1, -0.05) is 17.7 Å². The van der Waals surface area contributed by atoms with Crippen LogP contribution in [0.15, 0.2) is 35.2 Å². The molecular weight excluding hydrogens is 280 g/mol. The van der Waals surface area contributed by atoms with Gasteiger partial charge in [-0.15, -0.1) is 4.83 Å². The minimum absolute atomic E-state index is 0.0709. The molecule has 20 heavy (non-hydrogen) atoms. The number of amides is 1. The SMILES string of the molecule is Cc1ccc(S(=O)(=O)NNC(=O)c2cc(C)[nH]n2)cc1. The predicted molar refractivity (Wildman–Crippen MR) is 72.3 cm³/mol. The van der Waals surface area contributed by atoms with E-state index in [1.54, 1.807) is 19.1 Å². The molecule has 0 aliphatic rings. The number of hydrogen-bond donors (Lipinski definition) is 3. The molecule has 1 aromatic carbocycles. The molecule has 0 radical (unpaired) electrons. The first-order valence-electron chi connectivity index (χ1n) is 5.79. The summed E-state index contributed by atoms with van der Waals surface area (Å²) in [5.41, 5.74) is 3.86. The highest BCUT2D eigenvalue weighted by atomic mass is 32.2. The van der Waals surface area contributed by atoms with Crippen LogP contribution in [0.3, 0.4) is 0 Å². The molecule has 0 saturated heterocycles. The number of H-pyrrole nitrogens is 1. The molecule has 3 N–H and O–H groups in total. The molecule has 1 aromatic heterocycles. The number of carbonyl (C=O) groups excluding carboxylic acids is 1. The summed E-state index contributed by atoms with van der Waals surface area (Å²) in [5, 5.41) is 6.33. The van der Waals surface area contributed by atoms with Crippen LogP contribution in [0.4, 0.5) is 0 Å². The van der Waals surface area contributed by atoms with Gasteiger partial charge in [0.05, 0.1) is 4.90 Å². The van der Waals surface area contributed by atoms with E-state index in [-0.39, 0.29) is 10.6 Å². The van der Waals surface area contributed by atoms with Gasteiger partial charge < -0.3 is 0 Å². The Bertz CT molecular complexity index is 719. The Morgan fingerprint density at radius 1 is 1.20 bits per heavy atom. The fraction of sp³-hybridized carbons (Fsp3) is 0.167. The highest BCUT2D eigenvalue weighted by Gasteiger charge is 2.16. The van der Waals surface area contributed by atoms with Crippen LogP contribution < -0.4 is 10.3 Å². The third-order valence-electron chi connectivity index (χ3n) is 2.57. The molecule has 0 spiro atoms. The summed E-state index contributed by atoms with van der Waals surface area (Å²) in [6.07, 6.45) is 0. The number of hydrogen-bond acceptors (Lipinski definition) is 4. The number of carbonyl (C=O) groups is 1. The highest BCUT2D eigenvalue weighted by Crippen LogP contribution is 2.09. The van der Waals surface area contributed by atoms with Crippen molar-refractivity contribution in [1.82, 2.24) is 20.5 Å². The van der Waals surface area contributed by atoms with Gasteiger partial charge in [-0.3, -0.25) is 15.3 Å². The van der Waals surface area contributed by atoms with Crippen LogP contribution in [-0.2, 0) is 10.0 Å². The average Bonchev–Trinajstić information content (AvgIpc) is 2.83. The van der Waals surface area contributed by atoms with Crippen molar-refractivity contribution in [2.45, 2.75) is 18.7 Å². The van der Waals surface area contributed by atoms with Crippen molar-refractivity contribution < 1.29 is 13.2 Å². The van der Waals surface area contributed by atoms with E-state index >= 15 is 0 Å². The monoisotopic (exact) mass is 294 g/mol. The van der Waals surface area contributed by atoms with E-state index in [0.717, 1.165) is 5.56 Å². The van der Waals surface area contributed by atoms with Crippen LogP contribution in [0.25, 0.3) is 0 Å². The summed E-state index contributed by atoms with van der Waals surface area (Å²) in [4.78, 5) is 13.8. The number of nitrogens with one attached hydrogen (secondary N) is 3. The number of sulfonamides is 1. The molecule has 0 bridgehead atoms. The van der Waals surface area contributed by atoms with Gasteiger partial charge in [0.15, 0.2) is 5.69 Å².